The standard InChI is InChI=1S/C14H21NO3/c1-10-6-7-11(12(8-10)17-5)15-13(16)9-18-14(2,3)4/h6-8H,9H2,1-5H3,(H,15,16). The number of ether oxygens (including phenoxy) is 2. The van der Waals surface area contributed by atoms with Crippen LogP contribution in [-0.2, 0) is 9.53 Å². The lowest BCUT2D eigenvalue weighted by molar-refractivity contribution is -0.125. The second-order valence-corrected chi connectivity index (χ2v) is 5.15. The normalized spacial score (nSPS) is 11.2. The summed E-state index contributed by atoms with van der Waals surface area (Å²) in [5.41, 5.74) is 1.41. The summed E-state index contributed by atoms with van der Waals surface area (Å²) in [6.45, 7) is 7.73. The highest BCUT2D eigenvalue weighted by atomic mass is 16.5. The minimum absolute atomic E-state index is 0.0283. The number of hydrogen-bond donors (Lipinski definition) is 1. The zero-order valence-electron chi connectivity index (χ0n) is 11.7. The zero-order chi connectivity index (χ0) is 13.8. The number of rotatable bonds is 4. The van der Waals surface area contributed by atoms with Crippen LogP contribution in [0.25, 0.3) is 0 Å². The molecule has 1 N–H and O–H groups in total. The van der Waals surface area contributed by atoms with Crippen LogP contribution in [0.5, 0.6) is 5.75 Å². The summed E-state index contributed by atoms with van der Waals surface area (Å²) in [7, 11) is 1.58. The van der Waals surface area contributed by atoms with E-state index in [2.05, 4.69) is 5.32 Å². The van der Waals surface area contributed by atoms with E-state index in [4.69, 9.17) is 9.47 Å². The van der Waals surface area contributed by atoms with E-state index in [1.807, 2.05) is 45.9 Å². The molecule has 0 bridgehead atoms. The predicted molar refractivity (Wildman–Crippen MR) is 72.1 cm³/mol. The van der Waals surface area contributed by atoms with Gasteiger partial charge in [0.15, 0.2) is 0 Å². The van der Waals surface area contributed by atoms with Gasteiger partial charge in [0.1, 0.15) is 12.4 Å². The maximum absolute atomic E-state index is 11.7. The highest BCUT2D eigenvalue weighted by molar-refractivity contribution is 5.93. The zero-order valence-corrected chi connectivity index (χ0v) is 11.7. The van der Waals surface area contributed by atoms with Gasteiger partial charge in [-0.25, -0.2) is 0 Å². The predicted octanol–water partition coefficient (Wildman–Crippen LogP) is 2.76. The van der Waals surface area contributed by atoms with E-state index in [9.17, 15) is 4.79 Å². The highest BCUT2D eigenvalue weighted by Crippen LogP contribution is 2.25. The summed E-state index contributed by atoms with van der Waals surface area (Å²) in [5, 5.41) is 2.77. The van der Waals surface area contributed by atoms with E-state index >= 15 is 0 Å². The third kappa shape index (κ3) is 4.75. The summed E-state index contributed by atoms with van der Waals surface area (Å²) in [6, 6.07) is 5.62. The molecule has 18 heavy (non-hydrogen) atoms. The Bertz CT molecular complexity index is 422. The second-order valence-electron chi connectivity index (χ2n) is 5.15. The largest absolute Gasteiger partial charge is 0.495 e. The van der Waals surface area contributed by atoms with E-state index in [0.29, 0.717) is 11.4 Å². The molecule has 0 fully saturated rings. The van der Waals surface area contributed by atoms with Gasteiger partial charge in [-0.1, -0.05) is 6.07 Å². The van der Waals surface area contributed by atoms with Crippen molar-refractivity contribution in [2.24, 2.45) is 0 Å². The molecule has 0 radical (unpaired) electrons. The van der Waals surface area contributed by atoms with Crippen molar-refractivity contribution in [1.29, 1.82) is 0 Å². The van der Waals surface area contributed by atoms with Crippen molar-refractivity contribution >= 4 is 11.6 Å². The number of aryl methyl sites for hydroxylation is 1. The molecule has 0 unspecified atom stereocenters. The third-order valence-electron chi connectivity index (χ3n) is 2.27. The van der Waals surface area contributed by atoms with Crippen LogP contribution in [0.1, 0.15) is 26.3 Å². The lowest BCUT2D eigenvalue weighted by atomic mass is 10.2. The Morgan fingerprint density at radius 1 is 1.33 bits per heavy atom. The maximum Gasteiger partial charge on any atom is 0.250 e. The van der Waals surface area contributed by atoms with Gasteiger partial charge < -0.3 is 14.8 Å². The molecule has 1 aromatic carbocycles. The lowest BCUT2D eigenvalue weighted by Crippen LogP contribution is -2.27. The average molecular weight is 251 g/mol. The van der Waals surface area contributed by atoms with Crippen LogP contribution in [0.15, 0.2) is 18.2 Å². The Morgan fingerprint density at radius 3 is 2.56 bits per heavy atom. The molecule has 0 heterocycles. The van der Waals surface area contributed by atoms with Crippen molar-refractivity contribution in [2.45, 2.75) is 33.3 Å². The van der Waals surface area contributed by atoms with Crippen molar-refractivity contribution in [3.05, 3.63) is 23.8 Å². The fourth-order valence-electron chi connectivity index (χ4n) is 1.37. The molecule has 0 atom stereocenters. The van der Waals surface area contributed by atoms with Crippen molar-refractivity contribution < 1.29 is 14.3 Å². The first-order chi connectivity index (χ1) is 8.31. The van der Waals surface area contributed by atoms with Crippen LogP contribution in [0.4, 0.5) is 5.69 Å². The van der Waals surface area contributed by atoms with Gasteiger partial charge in [0.2, 0.25) is 5.91 Å². The minimum Gasteiger partial charge on any atom is -0.495 e. The molecule has 4 heteroatoms. The number of carbonyl (C=O) groups excluding carboxylic acids is 1. The topological polar surface area (TPSA) is 47.6 Å². The Hall–Kier alpha value is -1.55. The second kappa shape index (κ2) is 5.87. The summed E-state index contributed by atoms with van der Waals surface area (Å²) in [4.78, 5) is 11.7. The van der Waals surface area contributed by atoms with Crippen LogP contribution in [0.2, 0.25) is 0 Å². The van der Waals surface area contributed by atoms with Crippen LogP contribution in [0.3, 0.4) is 0 Å². The van der Waals surface area contributed by atoms with Gasteiger partial charge in [0.25, 0.3) is 0 Å². The molecule has 0 saturated carbocycles. The molecule has 0 spiro atoms. The number of nitrogens with one attached hydrogen (secondary N) is 1. The van der Waals surface area contributed by atoms with Gasteiger partial charge in [-0.05, 0) is 45.4 Å². The maximum atomic E-state index is 11.7. The van der Waals surface area contributed by atoms with Gasteiger partial charge in [0, 0.05) is 0 Å². The Morgan fingerprint density at radius 2 is 2.00 bits per heavy atom. The van der Waals surface area contributed by atoms with Crippen molar-refractivity contribution in [3.63, 3.8) is 0 Å². The molecule has 0 aliphatic carbocycles. The summed E-state index contributed by atoms with van der Waals surface area (Å²) < 4.78 is 10.6. The van der Waals surface area contributed by atoms with E-state index < -0.39 is 0 Å². The van der Waals surface area contributed by atoms with Crippen LogP contribution in [-0.4, -0.2) is 25.2 Å². The molecule has 0 aromatic heterocycles. The van der Waals surface area contributed by atoms with Gasteiger partial charge >= 0.3 is 0 Å². The molecule has 0 aliphatic heterocycles. The molecular weight excluding hydrogens is 230 g/mol. The van der Waals surface area contributed by atoms with Crippen molar-refractivity contribution in [3.8, 4) is 5.75 Å². The van der Waals surface area contributed by atoms with Crippen LogP contribution >= 0.6 is 0 Å². The van der Waals surface area contributed by atoms with E-state index in [1.54, 1.807) is 7.11 Å². The molecule has 100 valence electrons. The van der Waals surface area contributed by atoms with Crippen LogP contribution < -0.4 is 10.1 Å². The van der Waals surface area contributed by atoms with E-state index in [0.717, 1.165) is 5.56 Å². The highest BCUT2D eigenvalue weighted by Gasteiger charge is 2.14. The SMILES string of the molecule is COc1cc(C)ccc1NC(=O)COC(C)(C)C. The smallest absolute Gasteiger partial charge is 0.250 e. The number of carbonyl (C=O) groups is 1. The van der Waals surface area contributed by atoms with Gasteiger partial charge in [0.05, 0.1) is 18.4 Å². The van der Waals surface area contributed by atoms with Crippen LogP contribution in [0, 0.1) is 6.92 Å². The molecule has 4 nitrogen and oxygen atoms in total. The van der Waals surface area contributed by atoms with Crippen molar-refractivity contribution in [1.82, 2.24) is 0 Å². The summed E-state index contributed by atoms with van der Waals surface area (Å²) in [5.74, 6) is 0.464. The third-order valence-corrected chi connectivity index (χ3v) is 2.27. The number of anilines is 1. The van der Waals surface area contributed by atoms with E-state index in [-0.39, 0.29) is 18.1 Å². The first kappa shape index (κ1) is 14.5. The average Bonchev–Trinajstić information content (AvgIpc) is 2.28. The summed E-state index contributed by atoms with van der Waals surface area (Å²) in [6.07, 6.45) is 0. The van der Waals surface area contributed by atoms with Gasteiger partial charge in [-0.2, -0.15) is 0 Å². The molecule has 0 aliphatic rings. The fourth-order valence-corrected chi connectivity index (χ4v) is 1.37. The van der Waals surface area contributed by atoms with E-state index in [1.165, 1.54) is 0 Å². The van der Waals surface area contributed by atoms with Gasteiger partial charge in [-0.3, -0.25) is 4.79 Å². The fraction of sp³-hybridized carbons (Fsp3) is 0.500. The first-order valence-corrected chi connectivity index (χ1v) is 5.90. The number of amides is 1. The summed E-state index contributed by atoms with van der Waals surface area (Å²) >= 11 is 0. The Kier molecular flexibility index (Phi) is 4.73. The lowest BCUT2D eigenvalue weighted by Gasteiger charge is -2.19. The monoisotopic (exact) mass is 251 g/mol. The molecule has 1 rings (SSSR count). The molecule has 0 saturated heterocycles. The molecule has 1 amide bonds. The molecule has 1 aromatic rings. The number of benzene rings is 1. The first-order valence-electron chi connectivity index (χ1n) is 5.90. The Labute approximate surface area is 108 Å². The quantitative estimate of drug-likeness (QED) is 0.895. The van der Waals surface area contributed by atoms with Crippen molar-refractivity contribution in [2.75, 3.05) is 19.0 Å². The van der Waals surface area contributed by atoms with Gasteiger partial charge in [-0.15, -0.1) is 0 Å². The number of methoxy groups -OCH3 is 1. The Balaban J connectivity index is 2.64. The minimum atomic E-state index is -0.325. The molecular formula is C14H21NO3. The number of hydrogen-bond acceptors (Lipinski definition) is 3.